The molecule has 5 heteroatoms. The molecule has 2 aromatic rings. The fourth-order valence-electron chi connectivity index (χ4n) is 2.92. The largest absolute Gasteiger partial charge is 0.376 e. The van der Waals surface area contributed by atoms with E-state index in [4.69, 9.17) is 4.74 Å². The van der Waals surface area contributed by atoms with E-state index in [1.165, 1.54) is 10.9 Å². The predicted molar refractivity (Wildman–Crippen MR) is 93.8 cm³/mol. The zero-order valence-corrected chi connectivity index (χ0v) is 13.6. The molecule has 1 aromatic carbocycles. The van der Waals surface area contributed by atoms with Crippen molar-refractivity contribution >= 4 is 16.9 Å². The minimum Gasteiger partial charge on any atom is -0.376 e. The number of aromatic nitrogens is 1. The molecule has 0 saturated carbocycles. The molecule has 23 heavy (non-hydrogen) atoms. The Morgan fingerprint density at radius 1 is 1.30 bits per heavy atom. The topological polar surface area (TPSA) is 58.5 Å². The number of fused-ring (bicyclic) bond motifs is 1. The monoisotopic (exact) mass is 312 g/mol. The first-order valence-corrected chi connectivity index (χ1v) is 8.25. The Hall–Kier alpha value is -2.14. The Labute approximate surface area is 137 Å². The molecular weight excluding hydrogens is 288 g/mol. The Bertz CT molecular complexity index is 660. The molecule has 1 aliphatic heterocycles. The normalized spacial score (nSPS) is 18.3. The van der Waals surface area contributed by atoms with Crippen molar-refractivity contribution < 1.29 is 4.74 Å². The number of aliphatic imine (C=N–C) groups is 1. The molecule has 122 valence electrons. The average molecular weight is 312 g/mol. The number of para-hydroxylation sites is 1. The van der Waals surface area contributed by atoms with Crippen molar-refractivity contribution in [3.63, 3.8) is 0 Å². The molecule has 0 radical (unpaired) electrons. The maximum absolute atomic E-state index is 5.62. The third kappa shape index (κ3) is 4.20. The molecule has 1 aliphatic rings. The number of benzene rings is 1. The van der Waals surface area contributed by atoms with Crippen LogP contribution in [-0.2, 0) is 11.2 Å². The predicted octanol–water partition coefficient (Wildman–Crippen LogP) is 2.12. The van der Waals surface area contributed by atoms with Gasteiger partial charge in [0.2, 0.25) is 0 Å². The van der Waals surface area contributed by atoms with Crippen molar-refractivity contribution in [3.8, 4) is 0 Å². The summed E-state index contributed by atoms with van der Waals surface area (Å²) in [6, 6.07) is 10.4. The van der Waals surface area contributed by atoms with Crippen molar-refractivity contribution in [3.05, 3.63) is 42.1 Å². The van der Waals surface area contributed by atoms with Crippen LogP contribution in [0.15, 0.2) is 41.5 Å². The summed E-state index contributed by atoms with van der Waals surface area (Å²) in [5.41, 5.74) is 2.34. The first-order valence-electron chi connectivity index (χ1n) is 8.25. The molecule has 1 atom stereocenters. The lowest BCUT2D eigenvalue weighted by molar-refractivity contribution is 0.114. The van der Waals surface area contributed by atoms with Gasteiger partial charge in [-0.15, -0.1) is 0 Å². The number of nitrogens with one attached hydrogen (secondary N) is 2. The van der Waals surface area contributed by atoms with E-state index < -0.39 is 0 Å². The zero-order chi connectivity index (χ0) is 15.9. The van der Waals surface area contributed by atoms with Gasteiger partial charge in [-0.05, 0) is 30.9 Å². The molecule has 3 rings (SSSR count). The Morgan fingerprint density at radius 2 is 2.22 bits per heavy atom. The van der Waals surface area contributed by atoms with E-state index >= 15 is 0 Å². The molecule has 0 spiro atoms. The van der Waals surface area contributed by atoms with Crippen LogP contribution in [0.1, 0.15) is 18.4 Å². The van der Waals surface area contributed by atoms with E-state index in [1.807, 2.05) is 12.3 Å². The van der Waals surface area contributed by atoms with Crippen LogP contribution in [0.25, 0.3) is 10.9 Å². The summed E-state index contributed by atoms with van der Waals surface area (Å²) in [7, 11) is 1.80. The van der Waals surface area contributed by atoms with Gasteiger partial charge in [0.25, 0.3) is 0 Å². The van der Waals surface area contributed by atoms with Crippen LogP contribution < -0.4 is 10.6 Å². The second kappa shape index (κ2) is 7.92. The van der Waals surface area contributed by atoms with Gasteiger partial charge in [-0.1, -0.05) is 24.3 Å². The van der Waals surface area contributed by atoms with Gasteiger partial charge in [0.05, 0.1) is 11.6 Å². The van der Waals surface area contributed by atoms with Crippen LogP contribution in [0.5, 0.6) is 0 Å². The molecule has 0 amide bonds. The van der Waals surface area contributed by atoms with Crippen LogP contribution >= 0.6 is 0 Å². The maximum atomic E-state index is 5.62. The average Bonchev–Trinajstić information content (AvgIpc) is 3.11. The second-order valence-electron chi connectivity index (χ2n) is 5.76. The van der Waals surface area contributed by atoms with Crippen molar-refractivity contribution in [2.75, 3.05) is 26.7 Å². The summed E-state index contributed by atoms with van der Waals surface area (Å²) >= 11 is 0. The van der Waals surface area contributed by atoms with Crippen LogP contribution in [0.3, 0.4) is 0 Å². The summed E-state index contributed by atoms with van der Waals surface area (Å²) in [6.45, 7) is 2.52. The Kier molecular flexibility index (Phi) is 5.42. The highest BCUT2D eigenvalue weighted by Crippen LogP contribution is 2.16. The Morgan fingerprint density at radius 3 is 3.04 bits per heavy atom. The number of ether oxygens (including phenoxy) is 1. The van der Waals surface area contributed by atoms with E-state index in [2.05, 4.69) is 44.9 Å². The zero-order valence-electron chi connectivity index (χ0n) is 13.6. The second-order valence-corrected chi connectivity index (χ2v) is 5.76. The van der Waals surface area contributed by atoms with E-state index in [9.17, 15) is 0 Å². The van der Waals surface area contributed by atoms with Crippen molar-refractivity contribution in [1.29, 1.82) is 0 Å². The van der Waals surface area contributed by atoms with Gasteiger partial charge in [-0.25, -0.2) is 0 Å². The smallest absolute Gasteiger partial charge is 0.191 e. The number of rotatable bonds is 5. The molecule has 2 heterocycles. The van der Waals surface area contributed by atoms with Gasteiger partial charge in [0.1, 0.15) is 0 Å². The first kappa shape index (κ1) is 15.7. The summed E-state index contributed by atoms with van der Waals surface area (Å²) in [6.07, 6.45) is 5.37. The summed E-state index contributed by atoms with van der Waals surface area (Å²) in [5.74, 6) is 0.827. The van der Waals surface area contributed by atoms with Crippen LogP contribution in [0.4, 0.5) is 0 Å². The van der Waals surface area contributed by atoms with E-state index in [0.29, 0.717) is 6.10 Å². The summed E-state index contributed by atoms with van der Waals surface area (Å²) < 4.78 is 5.62. The summed E-state index contributed by atoms with van der Waals surface area (Å²) in [5, 5.41) is 7.88. The van der Waals surface area contributed by atoms with E-state index in [-0.39, 0.29) is 0 Å². The van der Waals surface area contributed by atoms with Crippen LogP contribution in [0, 0.1) is 0 Å². The van der Waals surface area contributed by atoms with E-state index in [1.54, 1.807) is 7.05 Å². The van der Waals surface area contributed by atoms with Gasteiger partial charge >= 0.3 is 0 Å². The first-order chi connectivity index (χ1) is 11.4. The molecule has 1 aromatic heterocycles. The fraction of sp³-hybridized carbons (Fsp3) is 0.444. The van der Waals surface area contributed by atoms with Gasteiger partial charge in [0, 0.05) is 38.3 Å². The molecule has 0 aliphatic carbocycles. The van der Waals surface area contributed by atoms with Crippen molar-refractivity contribution in [1.82, 2.24) is 15.6 Å². The highest BCUT2D eigenvalue weighted by atomic mass is 16.5. The number of nitrogens with zero attached hydrogens (tertiary/aromatic N) is 2. The number of guanidine groups is 1. The molecule has 1 fully saturated rings. The van der Waals surface area contributed by atoms with Gasteiger partial charge in [-0.2, -0.15) is 0 Å². The van der Waals surface area contributed by atoms with Crippen LogP contribution in [0.2, 0.25) is 0 Å². The molecule has 0 bridgehead atoms. The number of hydrogen-bond donors (Lipinski definition) is 2. The third-order valence-electron chi connectivity index (χ3n) is 4.15. The van der Waals surface area contributed by atoms with Gasteiger partial charge in [0.15, 0.2) is 5.96 Å². The van der Waals surface area contributed by atoms with E-state index in [0.717, 1.165) is 50.4 Å². The van der Waals surface area contributed by atoms with Crippen molar-refractivity contribution in [2.45, 2.75) is 25.4 Å². The number of hydrogen-bond acceptors (Lipinski definition) is 3. The van der Waals surface area contributed by atoms with Gasteiger partial charge < -0.3 is 15.4 Å². The lowest BCUT2D eigenvalue weighted by atomic mass is 10.1. The molecule has 2 N–H and O–H groups in total. The fourth-order valence-corrected chi connectivity index (χ4v) is 2.92. The Balaban J connectivity index is 1.51. The van der Waals surface area contributed by atoms with Crippen molar-refractivity contribution in [2.24, 2.45) is 4.99 Å². The highest BCUT2D eigenvalue weighted by Gasteiger charge is 2.15. The quantitative estimate of drug-likeness (QED) is 0.656. The maximum Gasteiger partial charge on any atom is 0.191 e. The third-order valence-corrected chi connectivity index (χ3v) is 4.15. The highest BCUT2D eigenvalue weighted by molar-refractivity contribution is 5.82. The van der Waals surface area contributed by atoms with Gasteiger partial charge in [-0.3, -0.25) is 9.98 Å². The number of pyridine rings is 1. The van der Waals surface area contributed by atoms with Crippen LogP contribution in [-0.4, -0.2) is 43.8 Å². The molecule has 5 nitrogen and oxygen atoms in total. The molecular formula is C18H24N4O. The summed E-state index contributed by atoms with van der Waals surface area (Å²) in [4.78, 5) is 8.76. The minimum absolute atomic E-state index is 0.316. The molecule has 1 unspecified atom stereocenters. The standard InChI is InChI=1S/C18H24N4O/c1-19-18(22-13-16-8-4-12-23-16)21-11-9-15-6-2-5-14-7-3-10-20-17(14)15/h2-3,5-7,10,16H,4,8-9,11-13H2,1H3,(H2,19,21,22). The lowest BCUT2D eigenvalue weighted by Gasteiger charge is -2.15. The molecule has 1 saturated heterocycles. The SMILES string of the molecule is CN=C(NCCc1cccc2cccnc12)NCC1CCCO1. The minimum atomic E-state index is 0.316. The lowest BCUT2D eigenvalue weighted by Crippen LogP contribution is -2.41.